The Balaban J connectivity index is 1.54. The van der Waals surface area contributed by atoms with Gasteiger partial charge in [-0.15, -0.1) is 0 Å². The fourth-order valence-corrected chi connectivity index (χ4v) is 10.9. The van der Waals surface area contributed by atoms with E-state index in [9.17, 15) is 30.0 Å². The molecule has 17 nitrogen and oxygen atoms in total. The highest BCUT2D eigenvalue weighted by atomic mass is 33.5. The van der Waals surface area contributed by atoms with Gasteiger partial charge in [-0.2, -0.15) is 17.2 Å². The van der Waals surface area contributed by atoms with Crippen LogP contribution >= 0.6 is 43.2 Å². The lowest BCUT2D eigenvalue weighted by Crippen LogP contribution is -2.65. The number of hydroxylamine groups is 1. The highest BCUT2D eigenvalue weighted by Crippen LogP contribution is 2.41. The van der Waals surface area contributed by atoms with Crippen LogP contribution in [-0.2, 0) is 42.8 Å². The quantitative estimate of drug-likeness (QED) is 0.0505. The maximum atomic E-state index is 14.0. The monoisotopic (exact) mass is 931 g/mol. The van der Waals surface area contributed by atoms with Gasteiger partial charge < -0.3 is 58.9 Å². The van der Waals surface area contributed by atoms with Gasteiger partial charge in [0.25, 0.3) is 0 Å². The van der Waals surface area contributed by atoms with Crippen molar-refractivity contribution in [2.75, 3.05) is 39.1 Å². The zero-order chi connectivity index (χ0) is 44.4. The fourth-order valence-electron chi connectivity index (χ4n) is 7.65. The van der Waals surface area contributed by atoms with Crippen molar-refractivity contribution in [2.24, 2.45) is 0 Å². The third-order valence-corrected chi connectivity index (χ3v) is 15.5. The van der Waals surface area contributed by atoms with E-state index >= 15 is 0 Å². The summed E-state index contributed by atoms with van der Waals surface area (Å²) in [6.07, 6.45) is -4.36. The van der Waals surface area contributed by atoms with Crippen LogP contribution < -0.4 is 16.1 Å². The van der Waals surface area contributed by atoms with Crippen molar-refractivity contribution < 1.29 is 68.0 Å². The lowest BCUT2D eigenvalue weighted by Gasteiger charge is -2.47. The van der Waals surface area contributed by atoms with E-state index in [2.05, 4.69) is 39.8 Å². The molecule has 0 aromatic carbocycles. The fraction of sp³-hybridized carbons (Fsp3) is 0.700. The van der Waals surface area contributed by atoms with Crippen molar-refractivity contribution in [3.63, 3.8) is 0 Å². The van der Waals surface area contributed by atoms with Crippen LogP contribution in [0.4, 0.5) is 4.79 Å². The number of allylic oxidation sites excluding steroid dienone is 2. The molecule has 15 atom stereocenters. The van der Waals surface area contributed by atoms with Crippen molar-refractivity contribution in [1.29, 1.82) is 0 Å². The zero-order valence-electron chi connectivity index (χ0n) is 35.2. The number of amides is 1. The van der Waals surface area contributed by atoms with E-state index in [1.807, 2.05) is 33.3 Å². The maximum absolute atomic E-state index is 14.0. The molecule has 2 bridgehead atoms. The van der Waals surface area contributed by atoms with E-state index in [-0.39, 0.29) is 65.9 Å². The van der Waals surface area contributed by atoms with Gasteiger partial charge in [-0.1, -0.05) is 65.2 Å². The van der Waals surface area contributed by atoms with E-state index in [4.69, 9.17) is 38.0 Å². The van der Waals surface area contributed by atoms with Gasteiger partial charge in [-0.05, 0) is 48.3 Å². The maximum Gasteiger partial charge on any atom is 0.411 e. The van der Waals surface area contributed by atoms with E-state index < -0.39 is 84.7 Å². The lowest BCUT2D eigenvalue weighted by atomic mass is 9.73. The number of rotatable bonds is 16. The van der Waals surface area contributed by atoms with Crippen LogP contribution in [-0.4, -0.2) is 168 Å². The number of aliphatic hydroxyl groups excluding tert-OH is 3. The summed E-state index contributed by atoms with van der Waals surface area (Å²) in [6.45, 7) is 7.77. The Labute approximate surface area is 372 Å². The summed E-state index contributed by atoms with van der Waals surface area (Å²) in [5, 5.41) is 52.2. The van der Waals surface area contributed by atoms with Gasteiger partial charge in [0, 0.05) is 42.9 Å². The number of ketones is 1. The summed E-state index contributed by atoms with van der Waals surface area (Å²) in [5.74, 6) is 10.3. The van der Waals surface area contributed by atoms with Crippen molar-refractivity contribution in [3.8, 4) is 23.7 Å². The lowest BCUT2D eigenvalue weighted by molar-refractivity contribution is -0.336. The number of ether oxygens (including phenoxy) is 7. The largest absolute Gasteiger partial charge is 0.453 e. The first kappa shape index (κ1) is 50.2. The second-order valence-electron chi connectivity index (χ2n) is 15.0. The summed E-state index contributed by atoms with van der Waals surface area (Å²) >= 11 is 1.50. The molecule has 1 amide bonds. The minimum atomic E-state index is -2.47. The number of carbonyl (C=O) groups is 2. The molecule has 3 saturated heterocycles. The van der Waals surface area contributed by atoms with E-state index in [1.165, 1.54) is 55.3 Å². The van der Waals surface area contributed by atoms with Crippen LogP contribution in [0.2, 0.25) is 0 Å². The third-order valence-electron chi connectivity index (χ3n) is 10.6. The minimum absolute atomic E-state index is 0.0491. The Morgan fingerprint density at radius 1 is 1.07 bits per heavy atom. The number of fused-ring (bicyclic) bond motifs is 2. The first-order valence-electron chi connectivity index (χ1n) is 19.7. The first-order valence-corrected chi connectivity index (χ1v) is 25.1. The molecular weight excluding hydrogens is 875 g/mol. The van der Waals surface area contributed by atoms with Gasteiger partial charge in [-0.25, -0.2) is 4.79 Å². The Bertz CT molecular complexity index is 1740. The van der Waals surface area contributed by atoms with Crippen LogP contribution in [0.3, 0.4) is 0 Å². The molecule has 14 unspecified atom stereocenters. The molecule has 0 saturated carbocycles. The highest BCUT2D eigenvalue weighted by Gasteiger charge is 2.54. The van der Waals surface area contributed by atoms with Crippen molar-refractivity contribution in [3.05, 3.63) is 35.1 Å². The van der Waals surface area contributed by atoms with Gasteiger partial charge in [0.2, 0.25) is 5.78 Å². The molecule has 0 aromatic heterocycles. The molecule has 5 aliphatic rings. The smallest absolute Gasteiger partial charge is 0.411 e. The van der Waals surface area contributed by atoms with Gasteiger partial charge >= 0.3 is 6.09 Å². The van der Waals surface area contributed by atoms with Crippen molar-refractivity contribution in [2.45, 2.75) is 137 Å². The second-order valence-corrected chi connectivity index (χ2v) is 20.4. The minimum Gasteiger partial charge on any atom is -0.453 e. The van der Waals surface area contributed by atoms with Gasteiger partial charge in [-0.3, -0.25) is 14.9 Å². The molecule has 3 heterocycles. The average Bonchev–Trinajstić information content (AvgIpc) is 3.22. The van der Waals surface area contributed by atoms with Crippen LogP contribution in [0.25, 0.3) is 0 Å². The van der Waals surface area contributed by atoms with Crippen LogP contribution in [0.5, 0.6) is 0 Å². The van der Waals surface area contributed by atoms with Crippen molar-refractivity contribution >= 4 is 55.1 Å². The topological polar surface area (TPSA) is 225 Å². The average molecular weight is 932 g/mol. The number of aliphatic hydroxyl groups is 4. The molecule has 0 radical (unpaired) electrons. The summed E-state index contributed by atoms with van der Waals surface area (Å²) < 4.78 is 42.5. The summed E-state index contributed by atoms with van der Waals surface area (Å²) in [7, 11) is 7.06. The number of hydrogen-bond acceptors (Lipinski definition) is 20. The molecule has 0 aromatic rings. The molecule has 3 aliphatic heterocycles. The first-order chi connectivity index (χ1) is 29.2. The number of nitrogens with one attached hydrogen (secondary N) is 3. The molecule has 3 fully saturated rings. The molecule has 2 aliphatic carbocycles. The summed E-state index contributed by atoms with van der Waals surface area (Å²) in [5.41, 5.74) is -0.201. The van der Waals surface area contributed by atoms with Crippen LogP contribution in [0.1, 0.15) is 40.5 Å². The number of hydrogen-bond donors (Lipinski definition) is 7. The molecule has 340 valence electrons. The van der Waals surface area contributed by atoms with Crippen LogP contribution in [0, 0.1) is 23.7 Å². The Hall–Kier alpha value is -1.84. The van der Waals surface area contributed by atoms with Crippen molar-refractivity contribution in [1.82, 2.24) is 16.1 Å². The SMILES string of the molecule is COC(=O)NC1=C2/C(=C\CSSSC)C(O)(C#C/C=C\C#CC2OC2OC(C)C(NOC3CC(O)C(SC)C(C)O3)C(O)C2OC2CC(OC)C(NC(C)C)CO2)[C@@H](O)C1=O. The molecule has 21 heteroatoms. The standard InChI is InChI=1S/C40H57N3O14S4/c1-20(2)41-24-19-52-28(18-27(24)50-5)56-35-33(45)31(43-57-29-17-25(44)36(58-7)22(4)53-29)21(3)54-38(35)55-26-13-11-9-10-12-15-40(49)23(14-16-60-61-59-8)30(26)32(34(46)37(40)47)42-39(48)51-6/h9-10,14,20-22,24-29,31,33,35-38,41,43-45,47,49H,16-19H2,1-8H3,(H,42,48)/b10-9-,23-14+/t21?,22?,24?,25?,26?,27?,28?,29?,31?,33?,35?,36?,37-,38?,40?/m0/s1. The molecule has 61 heavy (non-hydrogen) atoms. The normalized spacial score (nSPS) is 38.9. The number of Topliss-reactive ketones (excluding diaryl/α,β-unsaturated/α-hetero) is 1. The Morgan fingerprint density at radius 3 is 2.49 bits per heavy atom. The highest BCUT2D eigenvalue weighted by molar-refractivity contribution is 9.09. The van der Waals surface area contributed by atoms with E-state index in [1.54, 1.807) is 20.1 Å². The predicted molar refractivity (Wildman–Crippen MR) is 232 cm³/mol. The third kappa shape index (κ3) is 12.3. The Kier molecular flexibility index (Phi) is 19.2. The Morgan fingerprint density at radius 2 is 1.82 bits per heavy atom. The van der Waals surface area contributed by atoms with Gasteiger partial charge in [0.05, 0.1) is 61.2 Å². The van der Waals surface area contributed by atoms with E-state index in [0.29, 0.717) is 0 Å². The summed E-state index contributed by atoms with van der Waals surface area (Å²) in [6, 6.07) is -0.964. The molecule has 7 N–H and O–H groups in total. The van der Waals surface area contributed by atoms with Crippen LogP contribution in [0.15, 0.2) is 35.1 Å². The second kappa shape index (κ2) is 23.4. The summed E-state index contributed by atoms with van der Waals surface area (Å²) in [4.78, 5) is 32.7. The van der Waals surface area contributed by atoms with Gasteiger partial charge in [0.1, 0.15) is 18.3 Å². The zero-order valence-corrected chi connectivity index (χ0v) is 38.5. The number of carbonyl (C=O) groups excluding carboxylic acids is 2. The predicted octanol–water partition coefficient (Wildman–Crippen LogP) is 1.55. The number of alkyl carbamates (subject to hydrolysis) is 1. The molecule has 5 rings (SSSR count). The molecular formula is C40H57N3O14S4. The number of methoxy groups -OCH3 is 2. The molecule has 0 spiro atoms. The van der Waals surface area contributed by atoms with E-state index in [0.717, 1.165) is 7.11 Å². The van der Waals surface area contributed by atoms with Gasteiger partial charge in [0.15, 0.2) is 30.6 Å². The number of thioether (sulfide) groups is 1.